The number of aliphatic imine (C=N–C) groups is 2. The van der Waals surface area contributed by atoms with E-state index < -0.39 is 16.4 Å². The van der Waals surface area contributed by atoms with Gasteiger partial charge in [0.25, 0.3) is 5.66 Å². The van der Waals surface area contributed by atoms with Crippen LogP contribution in [-0.2, 0) is 5.66 Å². The molecule has 0 amide bonds. The molecule has 0 aliphatic carbocycles. The fourth-order valence-corrected chi connectivity index (χ4v) is 1.04. The van der Waals surface area contributed by atoms with Crippen molar-refractivity contribution in [2.75, 3.05) is 0 Å². The predicted molar refractivity (Wildman–Crippen MR) is 45.6 cm³/mol. The third-order valence-electron chi connectivity index (χ3n) is 1.77. The van der Waals surface area contributed by atoms with E-state index in [9.17, 15) is 10.1 Å². The predicted octanol–water partition coefficient (Wildman–Crippen LogP) is -0.386. The van der Waals surface area contributed by atoms with E-state index in [0.29, 0.717) is 5.69 Å². The summed E-state index contributed by atoms with van der Waals surface area (Å²) in [5.41, 5.74) is -0.656. The number of hydrogen-bond acceptors (Lipinski definition) is 6. The second-order valence-corrected chi connectivity index (χ2v) is 2.80. The van der Waals surface area contributed by atoms with Gasteiger partial charge < -0.3 is 10.1 Å². The SMILES string of the molecule is CC1(c2c[nH]nn2)N=[C]C([N+](=O)[O-])=N1. The third-order valence-corrected chi connectivity index (χ3v) is 1.77. The molecule has 0 aromatic carbocycles. The normalized spacial score (nSPS) is 25.1. The van der Waals surface area contributed by atoms with Gasteiger partial charge in [-0.2, -0.15) is 0 Å². The topological polar surface area (TPSA) is 109 Å². The summed E-state index contributed by atoms with van der Waals surface area (Å²) in [6.07, 6.45) is 3.71. The first-order valence-corrected chi connectivity index (χ1v) is 3.71. The number of hydrogen-bond donors (Lipinski definition) is 1. The minimum atomic E-state index is -1.07. The maximum absolute atomic E-state index is 10.4. The molecular weight excluding hydrogens is 188 g/mol. The van der Waals surface area contributed by atoms with Crippen LogP contribution in [0.4, 0.5) is 0 Å². The number of H-pyrrole nitrogens is 1. The summed E-state index contributed by atoms with van der Waals surface area (Å²) in [5, 5.41) is 20.0. The van der Waals surface area contributed by atoms with Crippen molar-refractivity contribution in [2.24, 2.45) is 9.98 Å². The van der Waals surface area contributed by atoms with Gasteiger partial charge in [-0.15, -0.1) is 5.10 Å². The molecule has 1 unspecified atom stereocenters. The molecule has 2 heterocycles. The van der Waals surface area contributed by atoms with E-state index in [1.165, 1.54) is 6.20 Å². The summed E-state index contributed by atoms with van der Waals surface area (Å²) >= 11 is 0. The molecular formula is C6H5N6O2. The molecule has 0 fully saturated rings. The lowest BCUT2D eigenvalue weighted by atomic mass is 10.2. The van der Waals surface area contributed by atoms with Gasteiger partial charge in [0.05, 0.1) is 6.20 Å². The van der Waals surface area contributed by atoms with Gasteiger partial charge >= 0.3 is 5.84 Å². The lowest BCUT2D eigenvalue weighted by Crippen LogP contribution is -2.16. The Morgan fingerprint density at radius 2 is 2.50 bits per heavy atom. The molecule has 8 nitrogen and oxygen atoms in total. The van der Waals surface area contributed by atoms with Crippen molar-refractivity contribution in [3.8, 4) is 0 Å². The standard InChI is InChI=1S/C6H5N6O2/c1-6(4-2-8-11-10-4)7-3-5(9-6)12(13)14/h2H,1H3,(H,8,10,11). The Kier molecular flexibility index (Phi) is 1.63. The average molecular weight is 193 g/mol. The summed E-state index contributed by atoms with van der Waals surface area (Å²) < 4.78 is 0. The molecule has 1 aliphatic rings. The van der Waals surface area contributed by atoms with Crippen LogP contribution in [0.1, 0.15) is 12.6 Å². The van der Waals surface area contributed by atoms with E-state index >= 15 is 0 Å². The molecule has 0 saturated heterocycles. The Labute approximate surface area is 77.9 Å². The van der Waals surface area contributed by atoms with Crippen molar-refractivity contribution in [1.29, 1.82) is 0 Å². The Hall–Kier alpha value is -2.12. The highest BCUT2D eigenvalue weighted by Gasteiger charge is 2.40. The minimum Gasteiger partial charge on any atom is -0.358 e. The van der Waals surface area contributed by atoms with Gasteiger partial charge in [-0.1, -0.05) is 5.21 Å². The van der Waals surface area contributed by atoms with E-state index in [4.69, 9.17) is 0 Å². The molecule has 71 valence electrons. The van der Waals surface area contributed by atoms with Crippen LogP contribution in [-0.4, -0.2) is 32.4 Å². The quantitative estimate of drug-likeness (QED) is 0.483. The molecule has 0 bridgehead atoms. The second-order valence-electron chi connectivity index (χ2n) is 2.80. The van der Waals surface area contributed by atoms with Crippen LogP contribution < -0.4 is 0 Å². The molecule has 1 atom stereocenters. The molecule has 1 radical (unpaired) electrons. The Morgan fingerprint density at radius 3 is 3.00 bits per heavy atom. The van der Waals surface area contributed by atoms with E-state index in [2.05, 4.69) is 31.6 Å². The van der Waals surface area contributed by atoms with Crippen LogP contribution in [0.25, 0.3) is 0 Å². The summed E-state index contributed by atoms with van der Waals surface area (Å²) in [5.74, 6) is -0.393. The van der Waals surface area contributed by atoms with Crippen LogP contribution in [0.2, 0.25) is 0 Å². The Bertz CT molecular complexity index is 422. The highest BCUT2D eigenvalue weighted by atomic mass is 16.6. The third kappa shape index (κ3) is 1.16. The van der Waals surface area contributed by atoms with Crippen LogP contribution >= 0.6 is 0 Å². The molecule has 1 aromatic rings. The molecule has 1 N–H and O–H groups in total. The van der Waals surface area contributed by atoms with Gasteiger partial charge in [0.2, 0.25) is 0 Å². The largest absolute Gasteiger partial charge is 0.389 e. The van der Waals surface area contributed by atoms with Crippen LogP contribution in [0.15, 0.2) is 16.2 Å². The monoisotopic (exact) mass is 193 g/mol. The molecule has 0 saturated carbocycles. The summed E-state index contributed by atoms with van der Waals surface area (Å²) in [7, 11) is 0. The van der Waals surface area contributed by atoms with Gasteiger partial charge in [0.15, 0.2) is 11.9 Å². The van der Waals surface area contributed by atoms with Crippen molar-refractivity contribution in [3.05, 3.63) is 22.0 Å². The maximum atomic E-state index is 10.4. The number of amidine groups is 1. The molecule has 1 aromatic heterocycles. The second kappa shape index (κ2) is 2.69. The lowest BCUT2D eigenvalue weighted by molar-refractivity contribution is -0.345. The lowest BCUT2D eigenvalue weighted by Gasteiger charge is -2.04. The highest BCUT2D eigenvalue weighted by molar-refractivity contribution is 6.26. The molecule has 8 heteroatoms. The van der Waals surface area contributed by atoms with Crippen molar-refractivity contribution in [2.45, 2.75) is 12.6 Å². The van der Waals surface area contributed by atoms with Gasteiger partial charge in [0.1, 0.15) is 0 Å². The first-order valence-electron chi connectivity index (χ1n) is 3.71. The smallest absolute Gasteiger partial charge is 0.358 e. The number of nitrogens with one attached hydrogen (secondary N) is 1. The summed E-state index contributed by atoms with van der Waals surface area (Å²) in [6.45, 7) is 1.59. The van der Waals surface area contributed by atoms with Crippen molar-refractivity contribution >= 4 is 12.1 Å². The van der Waals surface area contributed by atoms with Gasteiger partial charge in [-0.25, -0.2) is 4.99 Å². The van der Waals surface area contributed by atoms with E-state index in [1.54, 1.807) is 6.92 Å². The summed E-state index contributed by atoms with van der Waals surface area (Å²) in [4.78, 5) is 17.3. The van der Waals surface area contributed by atoms with Gasteiger partial charge in [0, 0.05) is 6.92 Å². The maximum Gasteiger partial charge on any atom is 0.389 e. The van der Waals surface area contributed by atoms with E-state index in [-0.39, 0.29) is 0 Å². The Balaban J connectivity index is 2.39. The van der Waals surface area contributed by atoms with E-state index in [0.717, 1.165) is 0 Å². The van der Waals surface area contributed by atoms with Crippen molar-refractivity contribution < 1.29 is 4.92 Å². The number of aromatic nitrogens is 3. The van der Waals surface area contributed by atoms with E-state index in [1.807, 2.05) is 0 Å². The van der Waals surface area contributed by atoms with Crippen molar-refractivity contribution in [1.82, 2.24) is 15.4 Å². The number of nitro groups is 1. The number of nitrogens with zero attached hydrogens (tertiary/aromatic N) is 5. The zero-order valence-corrected chi connectivity index (χ0v) is 7.13. The van der Waals surface area contributed by atoms with Gasteiger partial charge in [-0.3, -0.25) is 5.10 Å². The first-order chi connectivity index (χ1) is 6.62. The van der Waals surface area contributed by atoms with Crippen LogP contribution in [0.3, 0.4) is 0 Å². The molecule has 0 spiro atoms. The summed E-state index contributed by atoms with van der Waals surface area (Å²) in [6, 6.07) is 0. The fraction of sp³-hybridized carbons (Fsp3) is 0.333. The van der Waals surface area contributed by atoms with Crippen LogP contribution in [0, 0.1) is 10.1 Å². The zero-order chi connectivity index (χ0) is 10.2. The zero-order valence-electron chi connectivity index (χ0n) is 7.13. The number of rotatable bonds is 1. The van der Waals surface area contributed by atoms with Crippen LogP contribution in [0.5, 0.6) is 0 Å². The first kappa shape index (κ1) is 8.48. The Morgan fingerprint density at radius 1 is 1.71 bits per heavy atom. The van der Waals surface area contributed by atoms with Crippen molar-refractivity contribution in [3.63, 3.8) is 0 Å². The minimum absolute atomic E-state index is 0.393. The van der Waals surface area contributed by atoms with Gasteiger partial charge in [-0.05, 0) is 9.92 Å². The highest BCUT2D eigenvalue weighted by Crippen LogP contribution is 2.27. The fourth-order valence-electron chi connectivity index (χ4n) is 1.04. The molecule has 2 rings (SSSR count). The molecule has 14 heavy (non-hydrogen) atoms. The molecule has 1 aliphatic heterocycles. The number of aromatic amines is 1. The average Bonchev–Trinajstić information content (AvgIpc) is 2.71.